The Morgan fingerprint density at radius 2 is 1.85 bits per heavy atom. The zero-order valence-electron chi connectivity index (χ0n) is 15.1. The number of fused-ring (bicyclic) bond motifs is 2. The monoisotopic (exact) mass is 427 g/mol. The van der Waals surface area contributed by atoms with Crippen LogP contribution in [0.2, 0.25) is 0 Å². The van der Waals surface area contributed by atoms with E-state index in [0.29, 0.717) is 0 Å². The molecule has 0 fully saturated rings. The maximum atomic E-state index is 6.05. The minimum absolute atomic E-state index is 0.281. The average molecular weight is 428 g/mol. The molecule has 0 unspecified atom stereocenters. The summed E-state index contributed by atoms with van der Waals surface area (Å²) in [4.78, 5) is 4.58. The van der Waals surface area contributed by atoms with Crippen molar-refractivity contribution in [3.05, 3.63) is 48.7 Å². The molecule has 4 rings (SSSR count). The average Bonchev–Trinajstić information content (AvgIpc) is 3.18. The van der Waals surface area contributed by atoms with Crippen molar-refractivity contribution in [3.8, 4) is 28.4 Å². The van der Waals surface area contributed by atoms with Crippen LogP contribution < -0.4 is 14.2 Å². The van der Waals surface area contributed by atoms with Gasteiger partial charge in [-0.3, -0.25) is 4.98 Å². The number of pyridine rings is 1. The van der Waals surface area contributed by atoms with Gasteiger partial charge in [0, 0.05) is 16.9 Å². The molecule has 4 nitrogen and oxygen atoms in total. The van der Waals surface area contributed by atoms with E-state index in [4.69, 9.17) is 14.2 Å². The van der Waals surface area contributed by atoms with Gasteiger partial charge in [-0.1, -0.05) is 40.9 Å². The number of benzene rings is 2. The lowest BCUT2D eigenvalue weighted by Gasteiger charge is -2.12. The number of unbranched alkanes of at least 4 members (excludes halogenated alkanes) is 3. The molecule has 27 heavy (non-hydrogen) atoms. The second-order valence-corrected chi connectivity index (χ2v) is 7.32. The predicted molar refractivity (Wildman–Crippen MR) is 111 cm³/mol. The second kappa shape index (κ2) is 8.61. The Hall–Kier alpha value is -2.27. The lowest BCUT2D eigenvalue weighted by atomic mass is 10.00. The number of halogens is 1. The molecule has 3 aromatic rings. The zero-order chi connectivity index (χ0) is 18.5. The van der Waals surface area contributed by atoms with Gasteiger partial charge in [-0.25, -0.2) is 0 Å². The van der Waals surface area contributed by atoms with E-state index in [2.05, 4.69) is 39.1 Å². The van der Waals surface area contributed by atoms with Gasteiger partial charge >= 0.3 is 0 Å². The minimum atomic E-state index is 0.281. The van der Waals surface area contributed by atoms with Crippen LogP contribution in [-0.2, 0) is 0 Å². The summed E-state index contributed by atoms with van der Waals surface area (Å²) in [6.45, 7) is 1.00. The topological polar surface area (TPSA) is 40.6 Å². The number of rotatable bonds is 8. The van der Waals surface area contributed by atoms with Crippen LogP contribution in [0.5, 0.6) is 17.2 Å². The van der Waals surface area contributed by atoms with Crippen LogP contribution >= 0.6 is 15.9 Å². The highest BCUT2D eigenvalue weighted by atomic mass is 79.9. The van der Waals surface area contributed by atoms with E-state index in [0.717, 1.165) is 57.6 Å². The summed E-state index contributed by atoms with van der Waals surface area (Å²) in [7, 11) is 0. The van der Waals surface area contributed by atoms with Crippen LogP contribution in [0.25, 0.3) is 22.0 Å². The van der Waals surface area contributed by atoms with Crippen LogP contribution in [0.15, 0.2) is 48.7 Å². The van der Waals surface area contributed by atoms with E-state index >= 15 is 0 Å². The van der Waals surface area contributed by atoms with E-state index in [1.165, 1.54) is 19.3 Å². The molecule has 0 saturated heterocycles. The van der Waals surface area contributed by atoms with E-state index in [1.807, 2.05) is 30.5 Å². The highest BCUT2D eigenvalue weighted by Crippen LogP contribution is 2.39. The Morgan fingerprint density at radius 3 is 2.78 bits per heavy atom. The van der Waals surface area contributed by atoms with E-state index in [1.54, 1.807) is 0 Å². The molecule has 0 aliphatic carbocycles. The molecule has 0 spiro atoms. The van der Waals surface area contributed by atoms with Crippen molar-refractivity contribution in [2.45, 2.75) is 25.7 Å². The Bertz CT molecular complexity index is 929. The van der Waals surface area contributed by atoms with E-state index in [9.17, 15) is 0 Å². The van der Waals surface area contributed by atoms with Gasteiger partial charge in [0.1, 0.15) is 11.3 Å². The summed E-state index contributed by atoms with van der Waals surface area (Å²) in [6.07, 6.45) is 6.51. The van der Waals surface area contributed by atoms with Crippen molar-refractivity contribution in [2.24, 2.45) is 0 Å². The van der Waals surface area contributed by atoms with Gasteiger partial charge in [0.05, 0.1) is 6.61 Å². The van der Waals surface area contributed by atoms with Gasteiger partial charge in [-0.2, -0.15) is 0 Å². The fraction of sp³-hybridized carbons (Fsp3) is 0.318. The number of hydrogen-bond acceptors (Lipinski definition) is 4. The molecule has 1 aromatic heterocycles. The quantitative estimate of drug-likeness (QED) is 0.328. The summed E-state index contributed by atoms with van der Waals surface area (Å²) in [5, 5.41) is 2.15. The van der Waals surface area contributed by atoms with Crippen LogP contribution in [0.1, 0.15) is 25.7 Å². The summed E-state index contributed by atoms with van der Waals surface area (Å²) >= 11 is 3.47. The fourth-order valence-corrected chi connectivity index (χ4v) is 3.71. The summed E-state index contributed by atoms with van der Waals surface area (Å²) in [5.41, 5.74) is 3.09. The Labute approximate surface area is 167 Å². The number of aromatic nitrogens is 1. The number of ether oxygens (including phenoxy) is 3. The lowest BCUT2D eigenvalue weighted by molar-refractivity contribution is 0.174. The summed E-state index contributed by atoms with van der Waals surface area (Å²) < 4.78 is 17.0. The first-order valence-corrected chi connectivity index (χ1v) is 10.5. The molecular weight excluding hydrogens is 406 g/mol. The lowest BCUT2D eigenvalue weighted by Crippen LogP contribution is -1.99. The SMILES string of the molecule is BrCCCCCCOc1ccc(-c2ccc3c(c2)OCO3)c2cccnc12. The molecule has 0 amide bonds. The maximum Gasteiger partial charge on any atom is 0.231 e. The first kappa shape index (κ1) is 18.1. The molecule has 0 bridgehead atoms. The van der Waals surface area contributed by atoms with Crippen LogP contribution in [0, 0.1) is 0 Å². The third-order valence-corrected chi connectivity index (χ3v) is 5.26. The van der Waals surface area contributed by atoms with Crippen molar-refractivity contribution >= 4 is 26.8 Å². The first-order chi connectivity index (χ1) is 13.4. The molecule has 0 N–H and O–H groups in total. The van der Waals surface area contributed by atoms with Crippen LogP contribution in [0.4, 0.5) is 0 Å². The second-order valence-electron chi connectivity index (χ2n) is 6.53. The zero-order valence-corrected chi connectivity index (χ0v) is 16.7. The molecule has 1 aliphatic rings. The Kier molecular flexibility index (Phi) is 5.78. The summed E-state index contributed by atoms with van der Waals surface area (Å²) in [6, 6.07) is 14.2. The van der Waals surface area contributed by atoms with Gasteiger partial charge in [-0.15, -0.1) is 0 Å². The highest BCUT2D eigenvalue weighted by Gasteiger charge is 2.16. The third kappa shape index (κ3) is 4.03. The summed E-state index contributed by atoms with van der Waals surface area (Å²) in [5.74, 6) is 2.42. The van der Waals surface area contributed by atoms with Crippen LogP contribution in [-0.4, -0.2) is 23.7 Å². The molecule has 0 saturated carbocycles. The first-order valence-electron chi connectivity index (χ1n) is 9.33. The third-order valence-electron chi connectivity index (χ3n) is 4.70. The fourth-order valence-electron chi connectivity index (χ4n) is 3.31. The Morgan fingerprint density at radius 1 is 0.963 bits per heavy atom. The molecule has 2 heterocycles. The predicted octanol–water partition coefficient (Wildman–Crippen LogP) is 5.96. The highest BCUT2D eigenvalue weighted by molar-refractivity contribution is 9.09. The number of hydrogen-bond donors (Lipinski definition) is 0. The van der Waals surface area contributed by atoms with Gasteiger partial charge in [0.25, 0.3) is 0 Å². The van der Waals surface area contributed by atoms with Crippen molar-refractivity contribution in [1.29, 1.82) is 0 Å². The molecule has 2 aromatic carbocycles. The molecule has 140 valence electrons. The number of alkyl halides is 1. The maximum absolute atomic E-state index is 6.05. The van der Waals surface area contributed by atoms with Gasteiger partial charge < -0.3 is 14.2 Å². The smallest absolute Gasteiger partial charge is 0.231 e. The normalized spacial score (nSPS) is 12.5. The van der Waals surface area contributed by atoms with Gasteiger partial charge in [-0.05, 0) is 54.3 Å². The Balaban J connectivity index is 1.57. The standard InChI is InChI=1S/C22H22BrNO3/c23-11-3-1-2-4-13-25-20-10-8-17(18-6-5-12-24-22(18)20)16-7-9-19-21(14-16)27-15-26-19/h5-10,12,14H,1-4,11,13,15H2. The van der Waals surface area contributed by atoms with E-state index in [-0.39, 0.29) is 6.79 Å². The molecule has 1 aliphatic heterocycles. The molecular formula is C22H22BrNO3. The largest absolute Gasteiger partial charge is 0.491 e. The van der Waals surface area contributed by atoms with Crippen molar-refractivity contribution < 1.29 is 14.2 Å². The molecule has 0 radical (unpaired) electrons. The van der Waals surface area contributed by atoms with Crippen LogP contribution in [0.3, 0.4) is 0 Å². The molecule has 0 atom stereocenters. The number of nitrogens with zero attached hydrogens (tertiary/aromatic N) is 1. The van der Waals surface area contributed by atoms with Gasteiger partial charge in [0.15, 0.2) is 11.5 Å². The van der Waals surface area contributed by atoms with Crippen molar-refractivity contribution in [3.63, 3.8) is 0 Å². The minimum Gasteiger partial charge on any atom is -0.491 e. The van der Waals surface area contributed by atoms with E-state index < -0.39 is 0 Å². The van der Waals surface area contributed by atoms with Gasteiger partial charge in [0.2, 0.25) is 6.79 Å². The van der Waals surface area contributed by atoms with Crippen molar-refractivity contribution in [1.82, 2.24) is 4.98 Å². The van der Waals surface area contributed by atoms with Crippen molar-refractivity contribution in [2.75, 3.05) is 18.7 Å². The molecule has 5 heteroatoms.